The highest BCUT2D eigenvalue weighted by atomic mass is 32.1. The van der Waals surface area contributed by atoms with E-state index in [0.717, 1.165) is 10.5 Å². The smallest absolute Gasteiger partial charge is 0.241 e. The van der Waals surface area contributed by atoms with Crippen LogP contribution in [0, 0.1) is 5.82 Å². The first-order valence-electron chi connectivity index (χ1n) is 10.1. The molecule has 1 aliphatic rings. The fraction of sp³-hybridized carbons (Fsp3) is 0.250. The quantitative estimate of drug-likeness (QED) is 0.516. The summed E-state index contributed by atoms with van der Waals surface area (Å²) in [6, 6.07) is 11.0. The van der Waals surface area contributed by atoms with Gasteiger partial charge in [-0.05, 0) is 51.7 Å². The molecule has 0 saturated carbocycles. The lowest BCUT2D eigenvalue weighted by Gasteiger charge is -2.29. The van der Waals surface area contributed by atoms with E-state index >= 15 is 0 Å². The Bertz CT molecular complexity index is 1140. The SMILES string of the molecule is CN(Cc1ccsc1)C(=O)CC1(c2cccc(F)c2)CC(=O)N(Cc2cccnc2)C1=O. The van der Waals surface area contributed by atoms with Crippen molar-refractivity contribution in [1.82, 2.24) is 14.8 Å². The first kappa shape index (κ1) is 21.8. The maximum Gasteiger partial charge on any atom is 0.241 e. The first-order valence-corrected chi connectivity index (χ1v) is 11.1. The monoisotopic (exact) mass is 451 g/mol. The molecule has 1 atom stereocenters. The highest BCUT2D eigenvalue weighted by Gasteiger charge is 2.54. The molecule has 4 rings (SSSR count). The Morgan fingerprint density at radius 3 is 2.75 bits per heavy atom. The van der Waals surface area contributed by atoms with Gasteiger partial charge in [-0.25, -0.2) is 4.39 Å². The normalized spacial score (nSPS) is 18.2. The number of pyridine rings is 1. The molecule has 3 aromatic rings. The van der Waals surface area contributed by atoms with Gasteiger partial charge in [0, 0.05) is 38.8 Å². The lowest BCUT2D eigenvalue weighted by atomic mass is 9.75. The zero-order valence-corrected chi connectivity index (χ0v) is 18.3. The second kappa shape index (κ2) is 9.00. The van der Waals surface area contributed by atoms with Crippen LogP contribution in [0.4, 0.5) is 4.39 Å². The number of likely N-dealkylation sites (tertiary alicyclic amines) is 1. The average Bonchev–Trinajstić information content (AvgIpc) is 3.37. The van der Waals surface area contributed by atoms with Gasteiger partial charge in [0.2, 0.25) is 17.7 Å². The number of carbonyl (C=O) groups is 3. The Morgan fingerprint density at radius 1 is 1.22 bits per heavy atom. The van der Waals surface area contributed by atoms with E-state index < -0.39 is 23.0 Å². The summed E-state index contributed by atoms with van der Waals surface area (Å²) in [7, 11) is 1.66. The number of benzene rings is 1. The number of thiophene rings is 1. The fourth-order valence-electron chi connectivity index (χ4n) is 4.02. The Balaban J connectivity index is 1.65. The molecule has 3 amide bonds. The molecule has 6 nitrogen and oxygen atoms in total. The van der Waals surface area contributed by atoms with Crippen LogP contribution in [0.2, 0.25) is 0 Å². The summed E-state index contributed by atoms with van der Waals surface area (Å²) in [6.07, 6.45) is 2.79. The minimum absolute atomic E-state index is 0.0570. The van der Waals surface area contributed by atoms with E-state index in [1.165, 1.54) is 34.4 Å². The van der Waals surface area contributed by atoms with Gasteiger partial charge < -0.3 is 4.90 Å². The van der Waals surface area contributed by atoms with Crippen LogP contribution in [-0.4, -0.2) is 39.6 Å². The lowest BCUT2D eigenvalue weighted by Crippen LogP contribution is -2.42. The predicted molar refractivity (Wildman–Crippen MR) is 118 cm³/mol. The highest BCUT2D eigenvalue weighted by Crippen LogP contribution is 2.41. The third-order valence-electron chi connectivity index (χ3n) is 5.73. The van der Waals surface area contributed by atoms with Crippen molar-refractivity contribution >= 4 is 29.1 Å². The van der Waals surface area contributed by atoms with E-state index in [9.17, 15) is 18.8 Å². The summed E-state index contributed by atoms with van der Waals surface area (Å²) in [5, 5.41) is 3.88. The van der Waals surface area contributed by atoms with Gasteiger partial charge in [0.05, 0.1) is 12.0 Å². The van der Waals surface area contributed by atoms with Gasteiger partial charge in [0.1, 0.15) is 5.82 Å². The molecule has 1 aromatic carbocycles. The van der Waals surface area contributed by atoms with Crippen LogP contribution in [0.25, 0.3) is 0 Å². The molecule has 0 spiro atoms. The molecule has 1 aliphatic heterocycles. The molecular formula is C24H22FN3O3S. The Hall–Kier alpha value is -3.39. The highest BCUT2D eigenvalue weighted by molar-refractivity contribution is 7.07. The van der Waals surface area contributed by atoms with E-state index in [2.05, 4.69) is 4.98 Å². The second-order valence-electron chi connectivity index (χ2n) is 7.97. The molecule has 1 unspecified atom stereocenters. The van der Waals surface area contributed by atoms with Crippen LogP contribution >= 0.6 is 11.3 Å². The Kier molecular flexibility index (Phi) is 6.14. The van der Waals surface area contributed by atoms with Gasteiger partial charge in [0.25, 0.3) is 0 Å². The number of hydrogen-bond donors (Lipinski definition) is 0. The molecule has 1 fully saturated rings. The third-order valence-corrected chi connectivity index (χ3v) is 6.46. The third kappa shape index (κ3) is 4.31. The number of amides is 3. The lowest BCUT2D eigenvalue weighted by molar-refractivity contribution is -0.143. The van der Waals surface area contributed by atoms with Gasteiger partial charge in [-0.1, -0.05) is 18.2 Å². The number of rotatable bonds is 7. The van der Waals surface area contributed by atoms with E-state index in [1.807, 2.05) is 16.8 Å². The Labute approximate surface area is 189 Å². The molecule has 0 radical (unpaired) electrons. The summed E-state index contributed by atoms with van der Waals surface area (Å²) in [5.41, 5.74) is 0.575. The van der Waals surface area contributed by atoms with Crippen LogP contribution in [-0.2, 0) is 32.9 Å². The van der Waals surface area contributed by atoms with Crippen molar-refractivity contribution in [2.24, 2.45) is 0 Å². The summed E-state index contributed by atoms with van der Waals surface area (Å²) >= 11 is 1.54. The van der Waals surface area contributed by atoms with Gasteiger partial charge in [-0.15, -0.1) is 0 Å². The van der Waals surface area contributed by atoms with Crippen molar-refractivity contribution in [3.8, 4) is 0 Å². The van der Waals surface area contributed by atoms with Crippen molar-refractivity contribution in [3.05, 3.63) is 88.1 Å². The van der Waals surface area contributed by atoms with Crippen molar-refractivity contribution in [2.75, 3.05) is 7.05 Å². The molecule has 32 heavy (non-hydrogen) atoms. The molecule has 1 saturated heterocycles. The minimum Gasteiger partial charge on any atom is -0.341 e. The van der Waals surface area contributed by atoms with E-state index in [4.69, 9.17) is 0 Å². The zero-order chi connectivity index (χ0) is 22.7. The minimum atomic E-state index is -1.44. The largest absolute Gasteiger partial charge is 0.341 e. The van der Waals surface area contributed by atoms with E-state index in [0.29, 0.717) is 17.7 Å². The average molecular weight is 452 g/mol. The van der Waals surface area contributed by atoms with Crippen LogP contribution in [0.3, 0.4) is 0 Å². The van der Waals surface area contributed by atoms with Crippen molar-refractivity contribution < 1.29 is 18.8 Å². The summed E-state index contributed by atoms with van der Waals surface area (Å²) < 4.78 is 14.1. The van der Waals surface area contributed by atoms with Crippen LogP contribution in [0.15, 0.2) is 65.6 Å². The molecule has 164 valence electrons. The van der Waals surface area contributed by atoms with Crippen molar-refractivity contribution in [2.45, 2.75) is 31.3 Å². The molecule has 2 aromatic heterocycles. The maximum absolute atomic E-state index is 14.1. The molecule has 0 aliphatic carbocycles. The number of aromatic nitrogens is 1. The topological polar surface area (TPSA) is 70.6 Å². The van der Waals surface area contributed by atoms with Gasteiger partial charge in [-0.3, -0.25) is 24.3 Å². The van der Waals surface area contributed by atoms with Crippen molar-refractivity contribution in [1.29, 1.82) is 0 Å². The van der Waals surface area contributed by atoms with Gasteiger partial charge in [-0.2, -0.15) is 11.3 Å². The number of carbonyl (C=O) groups excluding carboxylic acids is 3. The maximum atomic E-state index is 14.1. The number of hydrogen-bond acceptors (Lipinski definition) is 5. The predicted octanol–water partition coefficient (Wildman–Crippen LogP) is 3.53. The van der Waals surface area contributed by atoms with Crippen LogP contribution in [0.1, 0.15) is 29.5 Å². The van der Waals surface area contributed by atoms with Gasteiger partial charge in [0.15, 0.2) is 0 Å². The Morgan fingerprint density at radius 2 is 2.06 bits per heavy atom. The molecular weight excluding hydrogens is 429 g/mol. The molecule has 0 N–H and O–H groups in total. The number of halogens is 1. The molecule has 3 heterocycles. The van der Waals surface area contributed by atoms with E-state index in [-0.39, 0.29) is 25.3 Å². The van der Waals surface area contributed by atoms with Crippen LogP contribution in [0.5, 0.6) is 0 Å². The van der Waals surface area contributed by atoms with Crippen LogP contribution < -0.4 is 0 Å². The number of imide groups is 1. The summed E-state index contributed by atoms with van der Waals surface area (Å²) in [6.45, 7) is 0.449. The van der Waals surface area contributed by atoms with Crippen molar-refractivity contribution in [3.63, 3.8) is 0 Å². The summed E-state index contributed by atoms with van der Waals surface area (Å²) in [5.74, 6) is -1.69. The molecule has 0 bridgehead atoms. The van der Waals surface area contributed by atoms with E-state index in [1.54, 1.807) is 37.6 Å². The molecule has 8 heteroatoms. The standard InChI is InChI=1S/C24H22FN3O3S/c1-27(14-18-7-9-32-16-18)21(29)11-24(19-5-2-6-20(25)10-19)12-22(30)28(23(24)31)15-17-4-3-8-26-13-17/h2-10,13,16H,11-12,14-15H2,1H3. The first-order chi connectivity index (χ1) is 15.4. The number of nitrogens with zero attached hydrogens (tertiary/aromatic N) is 3. The fourth-order valence-corrected chi connectivity index (χ4v) is 4.68. The second-order valence-corrected chi connectivity index (χ2v) is 8.75. The zero-order valence-electron chi connectivity index (χ0n) is 17.5. The summed E-state index contributed by atoms with van der Waals surface area (Å²) in [4.78, 5) is 46.4. The van der Waals surface area contributed by atoms with Gasteiger partial charge >= 0.3 is 0 Å².